The second-order valence-electron chi connectivity index (χ2n) is 3.91. The molecule has 0 saturated carbocycles. The highest BCUT2D eigenvalue weighted by atomic mass is 32.2. The Morgan fingerprint density at radius 3 is 2.79 bits per heavy atom. The van der Waals surface area contributed by atoms with Crippen LogP contribution in [0.3, 0.4) is 0 Å². The molecule has 2 nitrogen and oxygen atoms in total. The molecule has 1 aromatic carbocycles. The number of anilines is 1. The Balaban J connectivity index is 2.07. The maximum absolute atomic E-state index is 13.1. The zero-order valence-electron chi connectivity index (χ0n) is 10.5. The predicted molar refractivity (Wildman–Crippen MR) is 74.3 cm³/mol. The third-order valence-electron chi connectivity index (χ3n) is 2.52. The zero-order valence-corrected chi connectivity index (χ0v) is 11.3. The monoisotopic (exact) mass is 280 g/mol. The molecule has 0 aliphatic heterocycles. The van der Waals surface area contributed by atoms with Gasteiger partial charge in [0, 0.05) is 29.0 Å². The van der Waals surface area contributed by atoms with Crippen LogP contribution in [0.5, 0.6) is 0 Å². The molecule has 100 valence electrons. The molecule has 0 spiro atoms. The molecule has 5 heteroatoms. The fourth-order valence-corrected chi connectivity index (χ4v) is 2.52. The van der Waals surface area contributed by atoms with Gasteiger partial charge < -0.3 is 5.32 Å². The van der Waals surface area contributed by atoms with Crippen LogP contribution in [0.15, 0.2) is 41.4 Å². The topological polar surface area (TPSA) is 24.9 Å². The van der Waals surface area contributed by atoms with Crippen LogP contribution in [-0.4, -0.2) is 11.5 Å². The Morgan fingerprint density at radius 1 is 1.21 bits per heavy atom. The zero-order chi connectivity index (χ0) is 13.7. The predicted octanol–water partition coefficient (Wildman–Crippen LogP) is 4.08. The number of hydrogen-bond acceptors (Lipinski definition) is 3. The summed E-state index contributed by atoms with van der Waals surface area (Å²) in [5.74, 6) is -0.149. The quantitative estimate of drug-likeness (QED) is 0.835. The lowest BCUT2D eigenvalue weighted by Crippen LogP contribution is -2.02. The van der Waals surface area contributed by atoms with Crippen LogP contribution in [0.1, 0.15) is 12.5 Å². The number of pyridine rings is 1. The number of benzene rings is 1. The number of nitrogens with zero attached hydrogens (tertiary/aromatic N) is 1. The molecule has 0 radical (unpaired) electrons. The molecule has 2 rings (SSSR count). The largest absolute Gasteiger partial charge is 0.370 e. The van der Waals surface area contributed by atoms with E-state index in [9.17, 15) is 8.78 Å². The van der Waals surface area contributed by atoms with Gasteiger partial charge >= 0.3 is 0 Å². The van der Waals surface area contributed by atoms with Crippen molar-refractivity contribution in [2.24, 2.45) is 0 Å². The van der Waals surface area contributed by atoms with Crippen molar-refractivity contribution in [2.45, 2.75) is 17.6 Å². The number of halogens is 2. The van der Waals surface area contributed by atoms with Crippen molar-refractivity contribution in [1.29, 1.82) is 0 Å². The van der Waals surface area contributed by atoms with Gasteiger partial charge in [0.2, 0.25) is 0 Å². The average Bonchev–Trinajstić information content (AvgIpc) is 2.42. The van der Waals surface area contributed by atoms with Gasteiger partial charge in [-0.3, -0.25) is 0 Å². The van der Waals surface area contributed by atoms with Crippen LogP contribution in [0.2, 0.25) is 0 Å². The van der Waals surface area contributed by atoms with E-state index in [1.54, 1.807) is 12.3 Å². The van der Waals surface area contributed by atoms with Gasteiger partial charge in [-0.15, -0.1) is 11.8 Å². The van der Waals surface area contributed by atoms with E-state index in [0.29, 0.717) is 10.6 Å². The fraction of sp³-hybridized carbons (Fsp3) is 0.214. The molecule has 1 N–H and O–H groups in total. The first-order valence-electron chi connectivity index (χ1n) is 5.96. The fourth-order valence-electron chi connectivity index (χ4n) is 1.61. The first kappa shape index (κ1) is 13.8. The Labute approximate surface area is 115 Å². The van der Waals surface area contributed by atoms with Crippen molar-refractivity contribution in [1.82, 2.24) is 4.98 Å². The van der Waals surface area contributed by atoms with Gasteiger partial charge in [0.1, 0.15) is 5.82 Å². The van der Waals surface area contributed by atoms with Crippen LogP contribution in [0.4, 0.5) is 14.6 Å². The Morgan fingerprint density at radius 2 is 2.05 bits per heavy atom. The van der Waals surface area contributed by atoms with Gasteiger partial charge in [-0.05, 0) is 31.2 Å². The molecule has 0 bridgehead atoms. The van der Waals surface area contributed by atoms with E-state index in [1.165, 1.54) is 17.8 Å². The van der Waals surface area contributed by atoms with Crippen molar-refractivity contribution >= 4 is 17.6 Å². The van der Waals surface area contributed by atoms with Gasteiger partial charge in [-0.25, -0.2) is 13.8 Å². The summed E-state index contributed by atoms with van der Waals surface area (Å²) in [5.41, 5.74) is 1.04. The summed E-state index contributed by atoms with van der Waals surface area (Å²) in [7, 11) is 0. The van der Waals surface area contributed by atoms with E-state index < -0.39 is 11.6 Å². The number of hydrogen-bond donors (Lipinski definition) is 1. The smallest absolute Gasteiger partial charge is 0.159 e. The van der Waals surface area contributed by atoms with Crippen LogP contribution in [0, 0.1) is 11.6 Å². The van der Waals surface area contributed by atoms with Crippen LogP contribution in [0.25, 0.3) is 0 Å². The number of aromatic nitrogens is 1. The summed E-state index contributed by atoms with van der Waals surface area (Å²) >= 11 is 1.45. The summed E-state index contributed by atoms with van der Waals surface area (Å²) in [5, 5.41) is 3.17. The lowest BCUT2D eigenvalue weighted by molar-refractivity contribution is 0.506. The van der Waals surface area contributed by atoms with Crippen molar-refractivity contribution in [2.75, 3.05) is 11.9 Å². The van der Waals surface area contributed by atoms with E-state index in [2.05, 4.69) is 10.3 Å². The molecule has 0 aliphatic rings. The van der Waals surface area contributed by atoms with Crippen molar-refractivity contribution < 1.29 is 8.78 Å². The third kappa shape index (κ3) is 3.67. The van der Waals surface area contributed by atoms with Gasteiger partial charge in [0.25, 0.3) is 0 Å². The highest BCUT2D eigenvalue weighted by molar-refractivity contribution is 7.98. The summed E-state index contributed by atoms with van der Waals surface area (Å²) in [6.07, 6.45) is 1.73. The lowest BCUT2D eigenvalue weighted by atomic mass is 10.3. The Bertz CT molecular complexity index is 561. The van der Waals surface area contributed by atoms with Crippen molar-refractivity contribution in [3.05, 3.63) is 53.7 Å². The number of nitrogens with one attached hydrogen (secondary N) is 1. The maximum atomic E-state index is 13.1. The molecule has 0 atom stereocenters. The van der Waals surface area contributed by atoms with Gasteiger partial charge in [-0.1, -0.05) is 6.07 Å². The minimum Gasteiger partial charge on any atom is -0.370 e. The van der Waals surface area contributed by atoms with E-state index in [-0.39, 0.29) is 0 Å². The summed E-state index contributed by atoms with van der Waals surface area (Å²) < 4.78 is 25.9. The van der Waals surface area contributed by atoms with E-state index >= 15 is 0 Å². The Hall–Kier alpha value is -1.62. The summed E-state index contributed by atoms with van der Waals surface area (Å²) in [6, 6.07) is 7.77. The SMILES string of the molecule is CCNc1ncccc1CSc1ccc(F)c(F)c1. The molecular weight excluding hydrogens is 266 g/mol. The molecule has 1 heterocycles. The van der Waals surface area contributed by atoms with E-state index in [1.807, 2.05) is 19.1 Å². The molecule has 0 fully saturated rings. The molecular formula is C14H14F2N2S. The average molecular weight is 280 g/mol. The molecule has 2 aromatic rings. The molecule has 0 aliphatic carbocycles. The van der Waals surface area contributed by atoms with Gasteiger partial charge in [0.15, 0.2) is 11.6 Å². The molecule has 1 aromatic heterocycles. The number of rotatable bonds is 5. The van der Waals surface area contributed by atoms with Crippen molar-refractivity contribution in [3.63, 3.8) is 0 Å². The van der Waals surface area contributed by atoms with Gasteiger partial charge in [0.05, 0.1) is 0 Å². The van der Waals surface area contributed by atoms with Crippen LogP contribution < -0.4 is 5.32 Å². The Kier molecular flexibility index (Phi) is 4.74. The molecule has 0 amide bonds. The van der Waals surface area contributed by atoms with Crippen LogP contribution >= 0.6 is 11.8 Å². The first-order valence-corrected chi connectivity index (χ1v) is 6.95. The lowest BCUT2D eigenvalue weighted by Gasteiger charge is -2.09. The van der Waals surface area contributed by atoms with Gasteiger partial charge in [-0.2, -0.15) is 0 Å². The highest BCUT2D eigenvalue weighted by Gasteiger charge is 2.06. The maximum Gasteiger partial charge on any atom is 0.159 e. The second-order valence-corrected chi connectivity index (χ2v) is 4.95. The first-order chi connectivity index (χ1) is 9.20. The minimum absolute atomic E-state index is 0.654. The molecule has 19 heavy (non-hydrogen) atoms. The van der Waals surface area contributed by atoms with Crippen LogP contribution in [-0.2, 0) is 5.75 Å². The third-order valence-corrected chi connectivity index (χ3v) is 3.56. The molecule has 0 saturated heterocycles. The second kappa shape index (κ2) is 6.52. The summed E-state index contributed by atoms with van der Waals surface area (Å²) in [4.78, 5) is 4.95. The molecule has 0 unspecified atom stereocenters. The highest BCUT2D eigenvalue weighted by Crippen LogP contribution is 2.26. The van der Waals surface area contributed by atoms with E-state index in [4.69, 9.17) is 0 Å². The van der Waals surface area contributed by atoms with Crippen molar-refractivity contribution in [3.8, 4) is 0 Å². The standard InChI is InChI=1S/C14H14F2N2S/c1-2-17-14-10(4-3-7-18-14)9-19-11-5-6-12(15)13(16)8-11/h3-8H,2,9H2,1H3,(H,17,18). The minimum atomic E-state index is -0.820. The normalized spacial score (nSPS) is 10.5. The summed E-state index contributed by atoms with van der Waals surface area (Å²) in [6.45, 7) is 2.79. The van der Waals surface area contributed by atoms with E-state index in [0.717, 1.165) is 24.0 Å². The number of thioether (sulfide) groups is 1.